The second kappa shape index (κ2) is 6.02. The molecule has 4 aromatic rings. The van der Waals surface area contributed by atoms with E-state index in [9.17, 15) is 0 Å². The highest BCUT2D eigenvalue weighted by Crippen LogP contribution is 2.36. The molecular formula is C19H20N6S. The molecule has 4 aromatic heterocycles. The van der Waals surface area contributed by atoms with E-state index in [1.165, 1.54) is 15.8 Å². The van der Waals surface area contributed by atoms with Gasteiger partial charge in [0, 0.05) is 30.1 Å². The van der Waals surface area contributed by atoms with Crippen molar-refractivity contribution >= 4 is 33.0 Å². The smallest absolute Gasteiger partial charge is 0.160 e. The average Bonchev–Trinajstić information content (AvgIpc) is 3.23. The number of anilines is 1. The fraction of sp³-hybridized carbons (Fsp3) is 0.368. The van der Waals surface area contributed by atoms with Crippen LogP contribution >= 0.6 is 11.3 Å². The molecule has 0 aliphatic carbocycles. The number of rotatable bonds is 2. The van der Waals surface area contributed by atoms with Gasteiger partial charge in [-0.3, -0.25) is 4.40 Å². The van der Waals surface area contributed by atoms with Crippen molar-refractivity contribution in [1.29, 1.82) is 0 Å². The van der Waals surface area contributed by atoms with Crippen molar-refractivity contribution in [3.8, 4) is 0 Å². The average molecular weight is 364 g/mol. The van der Waals surface area contributed by atoms with E-state index >= 15 is 0 Å². The second-order valence-corrected chi connectivity index (χ2v) is 8.14. The first kappa shape index (κ1) is 15.7. The van der Waals surface area contributed by atoms with Crippen LogP contribution in [0.15, 0.2) is 30.7 Å². The maximum absolute atomic E-state index is 4.66. The zero-order valence-electron chi connectivity index (χ0n) is 14.9. The Morgan fingerprint density at radius 2 is 2.08 bits per heavy atom. The standard InChI is InChI=1S/C19H20N6S/c1-12-13(2)26-19-16(12)18(20-11-21-19)24-8-5-6-14(10-24)17-23-22-15-7-3-4-9-25(15)17/h3-4,7,9,11,14H,5-6,8,10H2,1-2H3/t14-/m1/s1. The monoisotopic (exact) mass is 364 g/mol. The minimum absolute atomic E-state index is 0.353. The van der Waals surface area contributed by atoms with Crippen molar-refractivity contribution in [1.82, 2.24) is 24.6 Å². The fourth-order valence-electron chi connectivity index (χ4n) is 3.92. The Balaban J connectivity index is 1.54. The van der Waals surface area contributed by atoms with Crippen LogP contribution in [0.1, 0.15) is 35.0 Å². The molecule has 6 nitrogen and oxygen atoms in total. The van der Waals surface area contributed by atoms with Gasteiger partial charge in [0.25, 0.3) is 0 Å². The summed E-state index contributed by atoms with van der Waals surface area (Å²) in [6, 6.07) is 6.04. The Morgan fingerprint density at radius 1 is 1.15 bits per heavy atom. The molecule has 0 unspecified atom stereocenters. The normalized spacial score (nSPS) is 18.1. The maximum atomic E-state index is 4.66. The van der Waals surface area contributed by atoms with Crippen LogP contribution < -0.4 is 4.90 Å². The number of nitrogens with zero attached hydrogens (tertiary/aromatic N) is 6. The SMILES string of the molecule is Cc1sc2ncnc(N3CCC[C@@H](c4nnc5ccccn45)C3)c2c1C. The lowest BCUT2D eigenvalue weighted by Gasteiger charge is -2.33. The molecule has 1 aliphatic heterocycles. The molecule has 5 heterocycles. The first-order chi connectivity index (χ1) is 12.7. The van der Waals surface area contributed by atoms with E-state index in [0.717, 1.165) is 48.1 Å². The van der Waals surface area contributed by atoms with E-state index in [1.54, 1.807) is 17.7 Å². The molecule has 0 N–H and O–H groups in total. The Kier molecular flexibility index (Phi) is 3.63. The Labute approximate surface area is 155 Å². The number of aryl methyl sites for hydroxylation is 2. The minimum atomic E-state index is 0.353. The van der Waals surface area contributed by atoms with Gasteiger partial charge in [-0.05, 0) is 44.4 Å². The molecule has 0 radical (unpaired) electrons. The highest BCUT2D eigenvalue weighted by molar-refractivity contribution is 7.18. The van der Waals surface area contributed by atoms with Gasteiger partial charge >= 0.3 is 0 Å². The number of fused-ring (bicyclic) bond motifs is 2. The number of pyridine rings is 1. The van der Waals surface area contributed by atoms with Gasteiger partial charge in [-0.2, -0.15) is 0 Å². The van der Waals surface area contributed by atoms with Crippen LogP contribution in [-0.2, 0) is 0 Å². The highest BCUT2D eigenvalue weighted by atomic mass is 32.1. The molecule has 132 valence electrons. The molecule has 26 heavy (non-hydrogen) atoms. The first-order valence-electron chi connectivity index (χ1n) is 8.97. The van der Waals surface area contributed by atoms with Crippen molar-refractivity contribution in [2.45, 2.75) is 32.6 Å². The molecule has 5 rings (SSSR count). The molecule has 7 heteroatoms. The van der Waals surface area contributed by atoms with Crippen LogP contribution in [0.5, 0.6) is 0 Å². The van der Waals surface area contributed by atoms with Gasteiger partial charge in [0.2, 0.25) is 0 Å². The third-order valence-corrected chi connectivity index (χ3v) is 6.49. The summed E-state index contributed by atoms with van der Waals surface area (Å²) in [5.41, 5.74) is 2.21. The lowest BCUT2D eigenvalue weighted by Crippen LogP contribution is -2.35. The lowest BCUT2D eigenvalue weighted by molar-refractivity contribution is 0.486. The summed E-state index contributed by atoms with van der Waals surface area (Å²) in [6.45, 7) is 6.27. The molecule has 1 saturated heterocycles. The van der Waals surface area contributed by atoms with E-state index in [0.29, 0.717) is 5.92 Å². The highest BCUT2D eigenvalue weighted by Gasteiger charge is 2.27. The van der Waals surface area contributed by atoms with E-state index in [1.807, 2.05) is 18.2 Å². The van der Waals surface area contributed by atoms with Crippen molar-refractivity contribution < 1.29 is 0 Å². The zero-order chi connectivity index (χ0) is 17.7. The van der Waals surface area contributed by atoms with Gasteiger partial charge in [0.05, 0.1) is 5.39 Å². The molecule has 0 saturated carbocycles. The van der Waals surface area contributed by atoms with E-state index in [4.69, 9.17) is 0 Å². The van der Waals surface area contributed by atoms with Crippen LogP contribution in [0.4, 0.5) is 5.82 Å². The van der Waals surface area contributed by atoms with Gasteiger partial charge in [-0.25, -0.2) is 9.97 Å². The van der Waals surface area contributed by atoms with E-state index in [-0.39, 0.29) is 0 Å². The fourth-order valence-corrected chi connectivity index (χ4v) is 4.91. The largest absolute Gasteiger partial charge is 0.355 e. The third-order valence-electron chi connectivity index (χ3n) is 5.37. The summed E-state index contributed by atoms with van der Waals surface area (Å²) in [5.74, 6) is 2.47. The van der Waals surface area contributed by atoms with Crippen molar-refractivity contribution in [3.05, 3.63) is 47.0 Å². The van der Waals surface area contributed by atoms with Gasteiger partial charge in [0.1, 0.15) is 22.8 Å². The Hall–Kier alpha value is -2.54. The van der Waals surface area contributed by atoms with Gasteiger partial charge in [-0.1, -0.05) is 6.07 Å². The number of hydrogen-bond donors (Lipinski definition) is 0. The molecule has 0 spiro atoms. The number of piperidine rings is 1. The van der Waals surface area contributed by atoms with Crippen LogP contribution in [-0.4, -0.2) is 37.7 Å². The zero-order valence-corrected chi connectivity index (χ0v) is 15.7. The van der Waals surface area contributed by atoms with E-state index < -0.39 is 0 Å². The number of aromatic nitrogens is 5. The summed E-state index contributed by atoms with van der Waals surface area (Å²) in [4.78, 5) is 13.9. The van der Waals surface area contributed by atoms with Gasteiger partial charge in [0.15, 0.2) is 5.65 Å². The summed E-state index contributed by atoms with van der Waals surface area (Å²) >= 11 is 1.75. The van der Waals surface area contributed by atoms with Crippen LogP contribution in [0.25, 0.3) is 15.9 Å². The number of thiophene rings is 1. The van der Waals surface area contributed by atoms with Crippen molar-refractivity contribution in [3.63, 3.8) is 0 Å². The van der Waals surface area contributed by atoms with Crippen LogP contribution in [0, 0.1) is 13.8 Å². The molecule has 1 atom stereocenters. The summed E-state index contributed by atoms with van der Waals surface area (Å²) in [7, 11) is 0. The summed E-state index contributed by atoms with van der Waals surface area (Å²) in [5, 5.41) is 10.0. The molecule has 1 aliphatic rings. The van der Waals surface area contributed by atoms with Crippen LogP contribution in [0.3, 0.4) is 0 Å². The topological polar surface area (TPSA) is 59.2 Å². The third kappa shape index (κ3) is 2.38. The minimum Gasteiger partial charge on any atom is -0.355 e. The molecule has 0 bridgehead atoms. The Morgan fingerprint density at radius 3 is 3.00 bits per heavy atom. The predicted molar refractivity (Wildman–Crippen MR) is 104 cm³/mol. The van der Waals surface area contributed by atoms with Gasteiger partial charge < -0.3 is 4.90 Å². The van der Waals surface area contributed by atoms with Crippen LogP contribution in [0.2, 0.25) is 0 Å². The number of hydrogen-bond acceptors (Lipinski definition) is 6. The molecular weight excluding hydrogens is 344 g/mol. The summed E-state index contributed by atoms with van der Waals surface area (Å²) in [6.07, 6.45) is 6.00. The maximum Gasteiger partial charge on any atom is 0.160 e. The Bertz CT molecular complexity index is 1100. The van der Waals surface area contributed by atoms with Gasteiger partial charge in [-0.15, -0.1) is 21.5 Å². The molecule has 0 amide bonds. The predicted octanol–water partition coefficient (Wildman–Crippen LogP) is 3.73. The molecule has 0 aromatic carbocycles. The second-order valence-electron chi connectivity index (χ2n) is 6.93. The summed E-state index contributed by atoms with van der Waals surface area (Å²) < 4.78 is 2.11. The van der Waals surface area contributed by atoms with Crippen molar-refractivity contribution in [2.24, 2.45) is 0 Å². The quantitative estimate of drug-likeness (QED) is 0.542. The molecule has 1 fully saturated rings. The van der Waals surface area contributed by atoms with Crippen molar-refractivity contribution in [2.75, 3.05) is 18.0 Å². The lowest BCUT2D eigenvalue weighted by atomic mass is 9.97. The first-order valence-corrected chi connectivity index (χ1v) is 9.79. The van der Waals surface area contributed by atoms with E-state index in [2.05, 4.69) is 49.5 Å².